The van der Waals surface area contributed by atoms with Crippen molar-refractivity contribution in [1.29, 1.82) is 5.26 Å². The van der Waals surface area contributed by atoms with Crippen LogP contribution < -0.4 is 4.90 Å². The van der Waals surface area contributed by atoms with Gasteiger partial charge in [-0.2, -0.15) is 5.26 Å². The van der Waals surface area contributed by atoms with Crippen molar-refractivity contribution in [1.82, 2.24) is 4.98 Å². The monoisotopic (exact) mass is 237 g/mol. The Morgan fingerprint density at radius 2 is 2.38 bits per heavy atom. The van der Waals surface area contributed by atoms with E-state index in [4.69, 9.17) is 22.0 Å². The third kappa shape index (κ3) is 1.68. The van der Waals surface area contributed by atoms with Crippen molar-refractivity contribution in [3.05, 3.63) is 22.8 Å². The minimum atomic E-state index is -0.816. The van der Waals surface area contributed by atoms with Crippen LogP contribution in [-0.2, 0) is 4.79 Å². The zero-order valence-electron chi connectivity index (χ0n) is 8.22. The predicted octanol–water partition coefficient (Wildman–Crippen LogP) is 1.13. The van der Waals surface area contributed by atoms with E-state index >= 15 is 0 Å². The highest BCUT2D eigenvalue weighted by molar-refractivity contribution is 6.34. The van der Waals surface area contributed by atoms with E-state index in [1.54, 1.807) is 4.90 Å². The lowest BCUT2D eigenvalue weighted by molar-refractivity contribution is -0.142. The molecule has 1 aromatic heterocycles. The van der Waals surface area contributed by atoms with Gasteiger partial charge in [0.25, 0.3) is 0 Å². The lowest BCUT2D eigenvalue weighted by Gasteiger charge is -2.38. The molecule has 0 radical (unpaired) electrons. The first-order valence-corrected chi connectivity index (χ1v) is 5.03. The fourth-order valence-electron chi connectivity index (χ4n) is 1.55. The molecular formula is C10H8ClN3O2. The zero-order chi connectivity index (χ0) is 11.7. The van der Waals surface area contributed by atoms with Crippen LogP contribution in [0.3, 0.4) is 0 Å². The van der Waals surface area contributed by atoms with Crippen LogP contribution in [0.2, 0.25) is 5.02 Å². The van der Waals surface area contributed by atoms with Crippen LogP contribution in [0.15, 0.2) is 12.3 Å². The Bertz CT molecular complexity index is 477. The standard InChI is InChI=1S/C10H8ClN3O2/c11-8-6(3-12)1-2-13-9(8)14-4-7(5-14)10(15)16/h1-2,7H,4-5H2,(H,15,16). The molecule has 0 amide bonds. The van der Waals surface area contributed by atoms with Gasteiger partial charge in [0.1, 0.15) is 16.9 Å². The third-order valence-electron chi connectivity index (χ3n) is 2.52. The molecule has 2 rings (SSSR count). The number of nitrogens with zero attached hydrogens (tertiary/aromatic N) is 3. The Balaban J connectivity index is 2.19. The van der Waals surface area contributed by atoms with Crippen LogP contribution in [0, 0.1) is 17.2 Å². The molecule has 0 saturated carbocycles. The highest BCUT2D eigenvalue weighted by atomic mass is 35.5. The van der Waals surface area contributed by atoms with Crippen LogP contribution in [-0.4, -0.2) is 29.1 Å². The van der Waals surface area contributed by atoms with Gasteiger partial charge in [0.15, 0.2) is 0 Å². The molecule has 1 N–H and O–H groups in total. The van der Waals surface area contributed by atoms with Crippen LogP contribution in [0.25, 0.3) is 0 Å². The summed E-state index contributed by atoms with van der Waals surface area (Å²) in [7, 11) is 0. The maximum absolute atomic E-state index is 10.6. The number of carboxylic acid groups (broad SMARTS) is 1. The van der Waals surface area contributed by atoms with E-state index < -0.39 is 5.97 Å². The number of carbonyl (C=O) groups is 1. The van der Waals surface area contributed by atoms with Crippen LogP contribution in [0.1, 0.15) is 5.56 Å². The lowest BCUT2D eigenvalue weighted by Crippen LogP contribution is -2.51. The van der Waals surface area contributed by atoms with E-state index in [2.05, 4.69) is 4.98 Å². The van der Waals surface area contributed by atoms with Crippen molar-refractivity contribution in [2.75, 3.05) is 18.0 Å². The van der Waals surface area contributed by atoms with Gasteiger partial charge < -0.3 is 10.0 Å². The number of pyridine rings is 1. The highest BCUT2D eigenvalue weighted by Gasteiger charge is 2.34. The number of hydrogen-bond acceptors (Lipinski definition) is 4. The molecule has 5 nitrogen and oxygen atoms in total. The largest absolute Gasteiger partial charge is 0.481 e. The van der Waals surface area contributed by atoms with Gasteiger partial charge >= 0.3 is 5.97 Å². The van der Waals surface area contributed by atoms with Gasteiger partial charge in [-0.15, -0.1) is 0 Å². The first-order valence-electron chi connectivity index (χ1n) is 4.66. The fourth-order valence-corrected chi connectivity index (χ4v) is 1.82. The van der Waals surface area contributed by atoms with Gasteiger partial charge in [0.05, 0.1) is 11.5 Å². The van der Waals surface area contributed by atoms with Crippen molar-refractivity contribution in [2.45, 2.75) is 0 Å². The second kappa shape index (κ2) is 3.99. The number of carboxylic acids is 1. The van der Waals surface area contributed by atoms with Crippen molar-refractivity contribution < 1.29 is 9.90 Å². The Labute approximate surface area is 96.9 Å². The Morgan fingerprint density at radius 3 is 2.94 bits per heavy atom. The normalized spacial score (nSPS) is 15.4. The first kappa shape index (κ1) is 10.7. The average molecular weight is 238 g/mol. The molecule has 0 aromatic carbocycles. The molecule has 0 unspecified atom stereocenters. The number of anilines is 1. The van der Waals surface area contributed by atoms with E-state index in [-0.39, 0.29) is 10.9 Å². The smallest absolute Gasteiger partial charge is 0.310 e. The predicted molar refractivity (Wildman–Crippen MR) is 57.3 cm³/mol. The number of hydrogen-bond donors (Lipinski definition) is 1. The first-order chi connectivity index (χ1) is 7.63. The quantitative estimate of drug-likeness (QED) is 0.834. The van der Waals surface area contributed by atoms with Gasteiger partial charge in [-0.05, 0) is 6.07 Å². The summed E-state index contributed by atoms with van der Waals surface area (Å²) in [6.07, 6.45) is 1.49. The number of aromatic nitrogens is 1. The van der Waals surface area contributed by atoms with Crippen molar-refractivity contribution >= 4 is 23.4 Å². The molecule has 1 aromatic rings. The van der Waals surface area contributed by atoms with Crippen molar-refractivity contribution in [2.24, 2.45) is 5.92 Å². The number of aliphatic carboxylic acids is 1. The Morgan fingerprint density at radius 1 is 1.69 bits per heavy atom. The summed E-state index contributed by atoms with van der Waals surface area (Å²) in [4.78, 5) is 16.4. The van der Waals surface area contributed by atoms with Crippen LogP contribution in [0.4, 0.5) is 5.82 Å². The van der Waals surface area contributed by atoms with Crippen molar-refractivity contribution in [3.63, 3.8) is 0 Å². The second-order valence-electron chi connectivity index (χ2n) is 3.55. The highest BCUT2D eigenvalue weighted by Crippen LogP contribution is 2.31. The van der Waals surface area contributed by atoms with Gasteiger partial charge in [0.2, 0.25) is 0 Å². The Kier molecular flexibility index (Phi) is 2.67. The summed E-state index contributed by atoms with van der Waals surface area (Å²) < 4.78 is 0. The number of rotatable bonds is 2. The van der Waals surface area contributed by atoms with E-state index in [1.807, 2.05) is 6.07 Å². The molecule has 1 aliphatic heterocycles. The molecule has 82 valence electrons. The topological polar surface area (TPSA) is 77.2 Å². The van der Waals surface area contributed by atoms with Gasteiger partial charge in [-0.3, -0.25) is 4.79 Å². The minimum absolute atomic E-state index is 0.286. The summed E-state index contributed by atoms with van der Waals surface area (Å²) in [6.45, 7) is 0.772. The van der Waals surface area contributed by atoms with Gasteiger partial charge in [-0.1, -0.05) is 11.6 Å². The summed E-state index contributed by atoms with van der Waals surface area (Å²) in [5.41, 5.74) is 0.352. The molecule has 2 heterocycles. The molecule has 1 fully saturated rings. The number of halogens is 1. The van der Waals surface area contributed by atoms with Gasteiger partial charge in [0, 0.05) is 19.3 Å². The summed E-state index contributed by atoms with van der Waals surface area (Å²) in [5.74, 6) is -0.703. The maximum Gasteiger partial charge on any atom is 0.310 e. The molecule has 0 atom stereocenters. The zero-order valence-corrected chi connectivity index (χ0v) is 8.98. The van der Waals surface area contributed by atoms with E-state index in [0.29, 0.717) is 24.5 Å². The summed E-state index contributed by atoms with van der Waals surface area (Å²) in [6, 6.07) is 3.49. The second-order valence-corrected chi connectivity index (χ2v) is 3.93. The third-order valence-corrected chi connectivity index (χ3v) is 2.89. The number of nitriles is 1. The molecular weight excluding hydrogens is 230 g/mol. The molecule has 0 aliphatic carbocycles. The molecule has 1 saturated heterocycles. The minimum Gasteiger partial charge on any atom is -0.481 e. The maximum atomic E-state index is 10.6. The summed E-state index contributed by atoms with van der Waals surface area (Å²) in [5, 5.41) is 17.8. The van der Waals surface area contributed by atoms with Crippen LogP contribution >= 0.6 is 11.6 Å². The van der Waals surface area contributed by atoms with Gasteiger partial charge in [-0.25, -0.2) is 4.98 Å². The fraction of sp³-hybridized carbons (Fsp3) is 0.300. The lowest BCUT2D eigenvalue weighted by atomic mass is 10.0. The molecule has 0 spiro atoms. The molecule has 6 heteroatoms. The van der Waals surface area contributed by atoms with E-state index in [9.17, 15) is 4.79 Å². The van der Waals surface area contributed by atoms with E-state index in [1.165, 1.54) is 12.3 Å². The average Bonchev–Trinajstić information content (AvgIpc) is 2.18. The van der Waals surface area contributed by atoms with Crippen LogP contribution in [0.5, 0.6) is 0 Å². The van der Waals surface area contributed by atoms with E-state index in [0.717, 1.165) is 0 Å². The SMILES string of the molecule is N#Cc1ccnc(N2CC(C(=O)O)C2)c1Cl. The Hall–Kier alpha value is -1.80. The molecule has 16 heavy (non-hydrogen) atoms. The molecule has 0 bridgehead atoms. The molecule has 1 aliphatic rings. The summed E-state index contributed by atoms with van der Waals surface area (Å²) >= 11 is 5.97. The van der Waals surface area contributed by atoms with Crippen molar-refractivity contribution in [3.8, 4) is 6.07 Å².